The molecule has 22 heavy (non-hydrogen) atoms. The summed E-state index contributed by atoms with van der Waals surface area (Å²) in [5.74, 6) is 0.333. The van der Waals surface area contributed by atoms with Gasteiger partial charge in [0, 0.05) is 12.7 Å². The Balaban J connectivity index is 2.36. The van der Waals surface area contributed by atoms with Crippen LogP contribution in [0.1, 0.15) is 38.8 Å². The van der Waals surface area contributed by atoms with Crippen LogP contribution in [0.5, 0.6) is 0 Å². The third kappa shape index (κ3) is 2.84. The van der Waals surface area contributed by atoms with Crippen LogP contribution in [0.25, 0.3) is 6.08 Å². The summed E-state index contributed by atoms with van der Waals surface area (Å²) in [4.78, 5) is 4.10. The second-order valence-electron chi connectivity index (χ2n) is 6.65. The van der Waals surface area contributed by atoms with E-state index in [0.717, 1.165) is 16.6 Å². The molecule has 0 bridgehead atoms. The highest BCUT2D eigenvalue weighted by atomic mass is 16.7. The van der Waals surface area contributed by atoms with E-state index in [9.17, 15) is 0 Å². The van der Waals surface area contributed by atoms with E-state index in [1.807, 2.05) is 40.7 Å². The largest absolute Gasteiger partial charge is 0.491 e. The van der Waals surface area contributed by atoms with Crippen molar-refractivity contribution in [1.29, 1.82) is 0 Å². The summed E-state index contributed by atoms with van der Waals surface area (Å²) in [6, 6.07) is 0. The first-order chi connectivity index (χ1) is 10.1. The number of nitrogens with zero attached hydrogens (tertiary/aromatic N) is 1. The molecule has 2 heterocycles. The molecule has 1 saturated heterocycles. The quantitative estimate of drug-likeness (QED) is 0.731. The topological polar surface area (TPSA) is 109 Å². The van der Waals surface area contributed by atoms with Gasteiger partial charge in [0.05, 0.1) is 16.9 Å². The van der Waals surface area contributed by atoms with Crippen LogP contribution in [0.15, 0.2) is 11.7 Å². The Hall–Kier alpha value is -1.57. The minimum atomic E-state index is -0.479. The number of anilines is 2. The molecule has 2 rings (SSSR count). The number of aromatic nitrogens is 1. The Kier molecular flexibility index (Phi) is 4.25. The standard InChI is InChI=1S/C15H25BN4O2/c1-9-10(8-20-13(19)12(9)18)6-11(7-17)16-21-14(2,3)15(4,5)22-16/h6,8H,7,17-18H2,1-5H3,(H2,19,20). The Bertz CT molecular complexity index is 598. The molecule has 0 unspecified atom stereocenters. The molecule has 1 aliphatic rings. The van der Waals surface area contributed by atoms with E-state index in [1.54, 1.807) is 6.20 Å². The normalized spacial score (nSPS) is 20.5. The fraction of sp³-hybridized carbons (Fsp3) is 0.533. The molecule has 0 amide bonds. The zero-order chi connectivity index (χ0) is 16.7. The summed E-state index contributed by atoms with van der Waals surface area (Å²) in [5, 5.41) is 0. The summed E-state index contributed by atoms with van der Waals surface area (Å²) in [6.45, 7) is 10.3. The average Bonchev–Trinajstić information content (AvgIpc) is 2.64. The van der Waals surface area contributed by atoms with Crippen LogP contribution in [0, 0.1) is 6.92 Å². The number of rotatable bonds is 3. The third-order valence-corrected chi connectivity index (χ3v) is 4.59. The van der Waals surface area contributed by atoms with Gasteiger partial charge in [-0.2, -0.15) is 0 Å². The maximum atomic E-state index is 6.04. The number of hydrogen-bond acceptors (Lipinski definition) is 6. The molecule has 0 spiro atoms. The van der Waals surface area contributed by atoms with Crippen molar-refractivity contribution < 1.29 is 9.31 Å². The monoisotopic (exact) mass is 304 g/mol. The van der Waals surface area contributed by atoms with E-state index in [0.29, 0.717) is 18.1 Å². The van der Waals surface area contributed by atoms with E-state index < -0.39 is 18.3 Å². The molecule has 0 atom stereocenters. The van der Waals surface area contributed by atoms with Crippen LogP contribution in [0.2, 0.25) is 0 Å². The first-order valence-corrected chi connectivity index (χ1v) is 7.36. The van der Waals surface area contributed by atoms with Gasteiger partial charge in [0.25, 0.3) is 0 Å². The molecule has 0 aliphatic carbocycles. The fourth-order valence-corrected chi connectivity index (χ4v) is 2.22. The van der Waals surface area contributed by atoms with Crippen molar-refractivity contribution in [2.45, 2.75) is 45.8 Å². The number of pyridine rings is 1. The molecular weight excluding hydrogens is 279 g/mol. The zero-order valence-corrected chi connectivity index (χ0v) is 13.9. The van der Waals surface area contributed by atoms with Crippen molar-refractivity contribution in [3.8, 4) is 0 Å². The lowest BCUT2D eigenvalue weighted by atomic mass is 9.77. The second-order valence-corrected chi connectivity index (χ2v) is 6.65. The molecule has 6 nitrogen and oxygen atoms in total. The Morgan fingerprint density at radius 1 is 1.23 bits per heavy atom. The highest BCUT2D eigenvalue weighted by molar-refractivity contribution is 6.55. The van der Waals surface area contributed by atoms with Crippen molar-refractivity contribution in [2.75, 3.05) is 18.0 Å². The lowest BCUT2D eigenvalue weighted by Crippen LogP contribution is -2.41. The molecular formula is C15H25BN4O2. The molecule has 1 aromatic rings. The van der Waals surface area contributed by atoms with Gasteiger partial charge in [-0.05, 0) is 51.2 Å². The summed E-state index contributed by atoms with van der Waals surface area (Å²) >= 11 is 0. The van der Waals surface area contributed by atoms with Gasteiger partial charge in [-0.15, -0.1) is 0 Å². The van der Waals surface area contributed by atoms with Gasteiger partial charge in [-0.25, -0.2) is 4.98 Å². The maximum Gasteiger partial charge on any atom is 0.491 e. The lowest BCUT2D eigenvalue weighted by Gasteiger charge is -2.32. The number of hydrogen-bond donors (Lipinski definition) is 3. The van der Waals surface area contributed by atoms with Gasteiger partial charge in [-0.1, -0.05) is 6.08 Å². The molecule has 120 valence electrons. The first kappa shape index (κ1) is 16.8. The maximum absolute atomic E-state index is 6.04. The SMILES string of the molecule is Cc1c(C=C(CN)B2OC(C)(C)C(C)(C)O2)cnc(N)c1N. The predicted octanol–water partition coefficient (Wildman–Crippen LogP) is 1.53. The molecule has 0 aromatic carbocycles. The minimum Gasteiger partial charge on any atom is -0.400 e. The van der Waals surface area contributed by atoms with Crippen LogP contribution in [-0.4, -0.2) is 29.8 Å². The summed E-state index contributed by atoms with van der Waals surface area (Å²) < 4.78 is 12.1. The van der Waals surface area contributed by atoms with Gasteiger partial charge in [0.15, 0.2) is 0 Å². The highest BCUT2D eigenvalue weighted by Gasteiger charge is 2.52. The Morgan fingerprint density at radius 3 is 2.27 bits per heavy atom. The average molecular weight is 304 g/mol. The zero-order valence-electron chi connectivity index (χ0n) is 13.9. The molecule has 7 heteroatoms. The number of nitrogens with two attached hydrogens (primary N) is 3. The smallest absolute Gasteiger partial charge is 0.400 e. The van der Waals surface area contributed by atoms with Gasteiger partial charge in [-0.3, -0.25) is 0 Å². The van der Waals surface area contributed by atoms with Crippen LogP contribution in [0.3, 0.4) is 0 Å². The van der Waals surface area contributed by atoms with Crippen LogP contribution in [-0.2, 0) is 9.31 Å². The minimum absolute atomic E-state index is 0.320. The van der Waals surface area contributed by atoms with Crippen LogP contribution in [0.4, 0.5) is 11.5 Å². The van der Waals surface area contributed by atoms with Gasteiger partial charge >= 0.3 is 7.12 Å². The van der Waals surface area contributed by atoms with Crippen LogP contribution < -0.4 is 17.2 Å². The fourth-order valence-electron chi connectivity index (χ4n) is 2.22. The number of nitrogen functional groups attached to an aromatic ring is 2. The first-order valence-electron chi connectivity index (χ1n) is 7.36. The highest BCUT2D eigenvalue weighted by Crippen LogP contribution is 2.38. The van der Waals surface area contributed by atoms with Crippen molar-refractivity contribution in [2.24, 2.45) is 5.73 Å². The van der Waals surface area contributed by atoms with E-state index in [1.165, 1.54) is 0 Å². The summed E-state index contributed by atoms with van der Waals surface area (Å²) in [5.41, 5.74) is 19.8. The molecule has 0 radical (unpaired) electrons. The summed E-state index contributed by atoms with van der Waals surface area (Å²) in [6.07, 6.45) is 3.60. The molecule has 0 saturated carbocycles. The Morgan fingerprint density at radius 2 is 1.77 bits per heavy atom. The van der Waals surface area contributed by atoms with Gasteiger partial charge in [0.1, 0.15) is 5.82 Å². The predicted molar refractivity (Wildman–Crippen MR) is 90.9 cm³/mol. The molecule has 1 fully saturated rings. The second kappa shape index (κ2) is 5.57. The third-order valence-electron chi connectivity index (χ3n) is 4.59. The van der Waals surface area contributed by atoms with Crippen molar-refractivity contribution in [3.05, 3.63) is 22.8 Å². The van der Waals surface area contributed by atoms with Crippen molar-refractivity contribution >= 4 is 24.7 Å². The van der Waals surface area contributed by atoms with E-state index >= 15 is 0 Å². The van der Waals surface area contributed by atoms with Gasteiger partial charge < -0.3 is 26.5 Å². The van der Waals surface area contributed by atoms with E-state index in [2.05, 4.69) is 4.98 Å². The molecule has 6 N–H and O–H groups in total. The van der Waals surface area contributed by atoms with E-state index in [-0.39, 0.29) is 0 Å². The Labute approximate surface area is 132 Å². The lowest BCUT2D eigenvalue weighted by molar-refractivity contribution is 0.00578. The van der Waals surface area contributed by atoms with E-state index in [4.69, 9.17) is 26.5 Å². The molecule has 1 aromatic heterocycles. The summed E-state index contributed by atoms with van der Waals surface area (Å²) in [7, 11) is -0.479. The van der Waals surface area contributed by atoms with Crippen LogP contribution >= 0.6 is 0 Å². The van der Waals surface area contributed by atoms with Gasteiger partial charge in [0.2, 0.25) is 0 Å². The molecule has 1 aliphatic heterocycles. The van der Waals surface area contributed by atoms with Crippen molar-refractivity contribution in [1.82, 2.24) is 4.98 Å². The van der Waals surface area contributed by atoms with Crippen molar-refractivity contribution in [3.63, 3.8) is 0 Å².